The van der Waals surface area contributed by atoms with E-state index in [2.05, 4.69) is 42.5 Å². The van der Waals surface area contributed by atoms with E-state index >= 15 is 0 Å². The molecule has 0 fully saturated rings. The first-order chi connectivity index (χ1) is 8.27. The summed E-state index contributed by atoms with van der Waals surface area (Å²) in [6.07, 6.45) is 3.41. The summed E-state index contributed by atoms with van der Waals surface area (Å²) in [5.41, 5.74) is 1.43. The Balaban J connectivity index is 2.03. The highest BCUT2D eigenvalue weighted by Crippen LogP contribution is 2.21. The average Bonchev–Trinajstić information content (AvgIpc) is 2.34. The second-order valence-corrected chi connectivity index (χ2v) is 8.68. The van der Waals surface area contributed by atoms with Crippen LogP contribution in [0.4, 0.5) is 0 Å². The van der Waals surface area contributed by atoms with Crippen molar-refractivity contribution in [3.8, 4) is 0 Å². The number of fused-ring (bicyclic) bond motifs is 1. The molecule has 0 nitrogen and oxygen atoms in total. The summed E-state index contributed by atoms with van der Waals surface area (Å²) in [7, 11) is -1.09. The van der Waals surface area contributed by atoms with Crippen molar-refractivity contribution < 1.29 is 0 Å². The van der Waals surface area contributed by atoms with Gasteiger partial charge in [0.1, 0.15) is 0 Å². The number of benzene rings is 2. The van der Waals surface area contributed by atoms with Gasteiger partial charge in [-0.1, -0.05) is 48.9 Å². The Hall–Kier alpha value is -0.503. The summed E-state index contributed by atoms with van der Waals surface area (Å²) in [5, 5.41) is 2.70. The third-order valence-corrected chi connectivity index (χ3v) is 4.81. The van der Waals surface area contributed by atoms with Gasteiger partial charge in [-0.2, -0.15) is 0 Å². The van der Waals surface area contributed by atoms with Crippen LogP contribution in [0.2, 0.25) is 6.04 Å². The van der Waals surface area contributed by atoms with E-state index in [1.54, 1.807) is 0 Å². The molecule has 0 saturated carbocycles. The van der Waals surface area contributed by atoms with Crippen molar-refractivity contribution in [2.45, 2.75) is 25.3 Å². The fourth-order valence-corrected chi connectivity index (χ4v) is 3.40. The van der Waals surface area contributed by atoms with Crippen LogP contribution >= 0.6 is 22.2 Å². The van der Waals surface area contributed by atoms with Crippen LogP contribution in [0.5, 0.6) is 0 Å². The van der Waals surface area contributed by atoms with Gasteiger partial charge in [0.15, 0.2) is 0 Å². The molecule has 0 unspecified atom stereocenters. The fraction of sp³-hybridized carbons (Fsp3) is 0.286. The number of aryl methyl sites for hydroxylation is 1. The van der Waals surface area contributed by atoms with E-state index in [-0.39, 0.29) is 0 Å². The van der Waals surface area contributed by atoms with Crippen molar-refractivity contribution in [1.29, 1.82) is 0 Å². The van der Waals surface area contributed by atoms with Gasteiger partial charge < -0.3 is 0 Å². The minimum absolute atomic E-state index is 0.985. The van der Waals surface area contributed by atoms with Gasteiger partial charge >= 0.3 is 0 Å². The van der Waals surface area contributed by atoms with Crippen LogP contribution in [0.25, 0.3) is 10.8 Å². The van der Waals surface area contributed by atoms with Gasteiger partial charge in [-0.15, -0.1) is 22.2 Å². The molecule has 0 heterocycles. The van der Waals surface area contributed by atoms with Gasteiger partial charge in [-0.05, 0) is 35.2 Å². The Bertz CT molecular complexity index is 477. The number of halogens is 2. The van der Waals surface area contributed by atoms with E-state index in [0.29, 0.717) is 0 Å². The second kappa shape index (κ2) is 6.44. The van der Waals surface area contributed by atoms with Crippen LogP contribution in [0, 0.1) is 0 Å². The van der Waals surface area contributed by atoms with Crippen LogP contribution in [0.3, 0.4) is 0 Å². The molecule has 2 aromatic rings. The molecule has 0 aliphatic carbocycles. The third kappa shape index (κ3) is 3.73. The van der Waals surface area contributed by atoms with Crippen LogP contribution in [-0.4, -0.2) is 7.42 Å². The molecule has 0 bridgehead atoms. The highest BCUT2D eigenvalue weighted by Gasteiger charge is 2.04. The van der Waals surface area contributed by atoms with Crippen LogP contribution in [0.15, 0.2) is 42.5 Å². The summed E-state index contributed by atoms with van der Waals surface area (Å²) in [6.45, 7) is 0. The Kier molecular flexibility index (Phi) is 4.90. The first-order valence-electron chi connectivity index (χ1n) is 5.91. The van der Waals surface area contributed by atoms with Crippen LogP contribution in [-0.2, 0) is 6.42 Å². The maximum absolute atomic E-state index is 5.82. The molecule has 89 valence electrons. The highest BCUT2D eigenvalue weighted by atomic mass is 35.7. The highest BCUT2D eigenvalue weighted by molar-refractivity contribution is 7.33. The van der Waals surface area contributed by atoms with Gasteiger partial charge in [0.05, 0.1) is 0 Å². The lowest BCUT2D eigenvalue weighted by atomic mass is 10.0. The lowest BCUT2D eigenvalue weighted by Gasteiger charge is -2.06. The van der Waals surface area contributed by atoms with E-state index in [0.717, 1.165) is 18.9 Å². The molecule has 3 heteroatoms. The van der Waals surface area contributed by atoms with E-state index in [4.69, 9.17) is 22.2 Å². The molecular weight excluding hydrogens is 267 g/mol. The number of hydrogen-bond acceptors (Lipinski definition) is 0. The molecule has 0 N–H and O–H groups in total. The lowest BCUT2D eigenvalue weighted by Crippen LogP contribution is -1.93. The van der Waals surface area contributed by atoms with Crippen molar-refractivity contribution in [1.82, 2.24) is 0 Å². The zero-order valence-corrected chi connectivity index (χ0v) is 12.1. The maximum atomic E-state index is 5.82. The fourth-order valence-electron chi connectivity index (χ4n) is 2.08. The number of unbranched alkanes of at least 4 members (excludes halogenated alkanes) is 1. The second-order valence-electron chi connectivity index (χ2n) is 4.18. The van der Waals surface area contributed by atoms with Crippen molar-refractivity contribution in [2.75, 3.05) is 0 Å². The number of hydrogen-bond donors (Lipinski definition) is 0. The van der Waals surface area contributed by atoms with Crippen molar-refractivity contribution in [3.63, 3.8) is 0 Å². The zero-order chi connectivity index (χ0) is 12.1. The monoisotopic (exact) mass is 281 g/mol. The van der Waals surface area contributed by atoms with Gasteiger partial charge in [-0.25, -0.2) is 0 Å². The minimum Gasteiger partial charge on any atom is -0.147 e. The van der Waals surface area contributed by atoms with Gasteiger partial charge in [-0.3, -0.25) is 0 Å². The van der Waals surface area contributed by atoms with Crippen LogP contribution in [0.1, 0.15) is 18.4 Å². The van der Waals surface area contributed by atoms with E-state index in [1.165, 1.54) is 22.8 Å². The molecule has 0 aromatic heterocycles. The molecule has 0 saturated heterocycles. The van der Waals surface area contributed by atoms with Gasteiger partial charge in [0.25, 0.3) is 7.42 Å². The molecule has 2 rings (SSSR count). The molecule has 0 amide bonds. The molecule has 0 aliphatic heterocycles. The molecule has 0 atom stereocenters. The van der Waals surface area contributed by atoms with Gasteiger partial charge in [0, 0.05) is 0 Å². The Morgan fingerprint density at radius 2 is 1.65 bits per heavy atom. The Morgan fingerprint density at radius 1 is 0.882 bits per heavy atom. The average molecular weight is 282 g/mol. The standard InChI is InChI=1S/C14H15Cl2Si/c15-17(16)11-4-3-7-13-9-5-8-12-6-1-2-10-14(12)13/h1-2,5-6,8-10H,3-4,7,11H2. The summed E-state index contributed by atoms with van der Waals surface area (Å²) >= 11 is 11.6. The van der Waals surface area contributed by atoms with E-state index in [1.807, 2.05) is 0 Å². The van der Waals surface area contributed by atoms with E-state index in [9.17, 15) is 0 Å². The topological polar surface area (TPSA) is 0 Å². The molecular formula is C14H15Cl2Si. The van der Waals surface area contributed by atoms with E-state index < -0.39 is 7.42 Å². The molecule has 0 spiro atoms. The predicted octanol–water partition coefficient (Wildman–Crippen LogP) is 5.13. The summed E-state index contributed by atoms with van der Waals surface area (Å²) in [6, 6.07) is 16.0. The SMILES string of the molecule is Cl[Si](Cl)CCCCc1cccc2ccccc12. The molecule has 0 aliphatic rings. The van der Waals surface area contributed by atoms with Crippen LogP contribution < -0.4 is 0 Å². The van der Waals surface area contributed by atoms with Crippen molar-refractivity contribution in [3.05, 3.63) is 48.0 Å². The Labute approximate surface area is 114 Å². The first kappa shape index (κ1) is 12.9. The summed E-state index contributed by atoms with van der Waals surface area (Å²) < 4.78 is 0. The molecule has 17 heavy (non-hydrogen) atoms. The summed E-state index contributed by atoms with van der Waals surface area (Å²) in [4.78, 5) is 0. The van der Waals surface area contributed by atoms with Gasteiger partial charge in [0.2, 0.25) is 0 Å². The number of rotatable bonds is 5. The van der Waals surface area contributed by atoms with Crippen molar-refractivity contribution >= 4 is 40.3 Å². The predicted molar refractivity (Wildman–Crippen MR) is 79.2 cm³/mol. The first-order valence-corrected chi connectivity index (χ1v) is 9.64. The zero-order valence-electron chi connectivity index (χ0n) is 9.63. The minimum atomic E-state index is -1.09. The molecule has 2 aromatic carbocycles. The Morgan fingerprint density at radius 3 is 2.47 bits per heavy atom. The summed E-state index contributed by atoms with van der Waals surface area (Å²) in [5.74, 6) is 0. The third-order valence-electron chi connectivity index (χ3n) is 2.94. The lowest BCUT2D eigenvalue weighted by molar-refractivity contribution is 0.796. The van der Waals surface area contributed by atoms with Crippen molar-refractivity contribution in [2.24, 2.45) is 0 Å². The smallest absolute Gasteiger partial charge is 0.147 e. The maximum Gasteiger partial charge on any atom is 0.273 e. The quantitative estimate of drug-likeness (QED) is 0.405. The molecule has 1 radical (unpaired) electrons. The largest absolute Gasteiger partial charge is 0.273 e. The normalized spacial score (nSPS) is 11.2.